The summed E-state index contributed by atoms with van der Waals surface area (Å²) < 4.78 is 30.3. The Hall–Kier alpha value is 1.96. The largest absolute Gasteiger partial charge is 1.00 e. The molecule has 0 aliphatic carbocycles. The van der Waals surface area contributed by atoms with Crippen molar-refractivity contribution in [2.24, 2.45) is 0 Å². The smallest absolute Gasteiger partial charge is 0.748 e. The molecular weight excluding hydrogens is 297 g/mol. The van der Waals surface area contributed by atoms with Gasteiger partial charge in [-0.3, -0.25) is 0 Å². The third-order valence-electron chi connectivity index (χ3n) is 1.50. The predicted molar refractivity (Wildman–Crippen MR) is 43.3 cm³/mol. The summed E-state index contributed by atoms with van der Waals surface area (Å²) in [6.45, 7) is 2.09. The first-order valence-corrected chi connectivity index (χ1v) is 5.57. The van der Waals surface area contributed by atoms with E-state index in [2.05, 4.69) is 6.92 Å². The van der Waals surface area contributed by atoms with Crippen molar-refractivity contribution in [3.63, 3.8) is 0 Å². The van der Waals surface area contributed by atoms with Crippen molar-refractivity contribution < 1.29 is 81.9 Å². The van der Waals surface area contributed by atoms with Gasteiger partial charge in [0.05, 0.1) is 10.1 Å². The van der Waals surface area contributed by atoms with Gasteiger partial charge in [-0.1, -0.05) is 32.6 Å². The van der Waals surface area contributed by atoms with E-state index in [0.29, 0.717) is 6.42 Å². The molecule has 0 N–H and O–H groups in total. The van der Waals surface area contributed by atoms with Gasteiger partial charge in [-0.2, -0.15) is 0 Å². The van der Waals surface area contributed by atoms with Crippen LogP contribution >= 0.6 is 0 Å². The Kier molecular flexibility index (Phi) is 13.0. The Morgan fingerprint density at radius 3 is 2.00 bits per heavy atom. The zero-order valence-corrected chi connectivity index (χ0v) is 15.0. The van der Waals surface area contributed by atoms with Gasteiger partial charge in [0.25, 0.3) is 0 Å². The van der Waals surface area contributed by atoms with Crippen LogP contribution < -0.4 is 68.9 Å². The number of rotatable bonds is 6. The molecule has 0 aliphatic rings. The van der Waals surface area contributed by atoms with Crippen LogP contribution in [0.4, 0.5) is 0 Å². The van der Waals surface area contributed by atoms with E-state index in [1.807, 2.05) is 0 Å². The second-order valence-electron chi connectivity index (χ2n) is 2.68. The number of hydrogen-bond acceptors (Lipinski definition) is 3. The zero-order valence-electron chi connectivity index (χ0n) is 7.88. The molecule has 0 fully saturated rings. The van der Waals surface area contributed by atoms with Crippen LogP contribution in [0.15, 0.2) is 0 Å². The molecule has 0 saturated carbocycles. The molecule has 0 radical (unpaired) electrons. The van der Waals surface area contributed by atoms with Crippen LogP contribution in [0, 0.1) is 0 Å². The molecule has 0 amide bonds. The third kappa shape index (κ3) is 14.5. The first kappa shape index (κ1) is 16.4. The molecule has 68 valence electrons. The molecule has 0 aromatic rings. The molecule has 0 aromatic carbocycles. The monoisotopic (exact) mass is 312 g/mol. The summed E-state index contributed by atoms with van der Waals surface area (Å²) in [6.07, 6.45) is 4.66. The van der Waals surface area contributed by atoms with Gasteiger partial charge in [0, 0.05) is 5.75 Å². The Bertz CT molecular complexity index is 177. The van der Waals surface area contributed by atoms with Crippen LogP contribution in [0.3, 0.4) is 0 Å². The van der Waals surface area contributed by atoms with E-state index in [4.69, 9.17) is 0 Å². The Balaban J connectivity index is 0. The Labute approximate surface area is 134 Å². The van der Waals surface area contributed by atoms with Gasteiger partial charge < -0.3 is 4.55 Å². The molecule has 0 heterocycles. The number of hydrogen-bond donors (Lipinski definition) is 0. The van der Waals surface area contributed by atoms with E-state index in [9.17, 15) is 13.0 Å². The summed E-state index contributed by atoms with van der Waals surface area (Å²) >= 11 is 0. The summed E-state index contributed by atoms with van der Waals surface area (Å²) in [7, 11) is -3.96. The van der Waals surface area contributed by atoms with Crippen LogP contribution in [-0.2, 0) is 10.1 Å². The molecule has 12 heavy (non-hydrogen) atoms. The zero-order chi connectivity index (χ0) is 8.74. The molecule has 0 spiro atoms. The second kappa shape index (κ2) is 9.51. The maximum Gasteiger partial charge on any atom is 1.00 e. The molecule has 0 aliphatic heterocycles. The van der Waals surface area contributed by atoms with Crippen molar-refractivity contribution in [1.29, 1.82) is 0 Å². The SMILES string of the molecule is CCCCCCCS(=O)(=O)[O-].[Cs+]. The molecule has 0 atom stereocenters. The van der Waals surface area contributed by atoms with Gasteiger partial charge in [-0.15, -0.1) is 0 Å². The first-order valence-electron chi connectivity index (χ1n) is 4.00. The molecule has 0 unspecified atom stereocenters. The average Bonchev–Trinajstić information content (AvgIpc) is 1.85. The Morgan fingerprint density at radius 1 is 1.08 bits per heavy atom. The van der Waals surface area contributed by atoms with Crippen molar-refractivity contribution in [3.8, 4) is 0 Å². The van der Waals surface area contributed by atoms with E-state index in [1.54, 1.807) is 0 Å². The minimum absolute atomic E-state index is 0. The third-order valence-corrected chi connectivity index (χ3v) is 2.29. The normalized spacial score (nSPS) is 10.8. The van der Waals surface area contributed by atoms with Gasteiger partial charge in [-0.05, 0) is 6.42 Å². The summed E-state index contributed by atoms with van der Waals surface area (Å²) in [5, 5.41) is 0. The molecular formula is C7H15CsO3S. The summed E-state index contributed by atoms with van der Waals surface area (Å²) in [4.78, 5) is 0. The number of unbranched alkanes of at least 4 members (excludes halogenated alkanes) is 4. The van der Waals surface area contributed by atoms with Crippen LogP contribution in [0.1, 0.15) is 39.0 Å². The minimum Gasteiger partial charge on any atom is -0.748 e. The fourth-order valence-corrected chi connectivity index (χ4v) is 1.44. The summed E-state index contributed by atoms with van der Waals surface area (Å²) in [6, 6.07) is 0. The van der Waals surface area contributed by atoms with Crippen LogP contribution in [0.2, 0.25) is 0 Å². The van der Waals surface area contributed by atoms with E-state index in [-0.39, 0.29) is 74.6 Å². The van der Waals surface area contributed by atoms with Crippen LogP contribution in [0.5, 0.6) is 0 Å². The van der Waals surface area contributed by atoms with Crippen molar-refractivity contribution in [2.75, 3.05) is 5.75 Å². The fraction of sp³-hybridized carbons (Fsp3) is 1.00. The molecule has 0 rings (SSSR count). The standard InChI is InChI=1S/C7H16O3S.Cs/c1-2-3-4-5-6-7-11(8,9)10;/h2-7H2,1H3,(H,8,9,10);/q;+1/p-1. The maximum absolute atomic E-state index is 10.1. The molecule has 0 saturated heterocycles. The van der Waals surface area contributed by atoms with Crippen molar-refractivity contribution in [2.45, 2.75) is 39.0 Å². The van der Waals surface area contributed by atoms with Gasteiger partial charge in [0.1, 0.15) is 0 Å². The fourth-order valence-electron chi connectivity index (χ4n) is 0.882. The van der Waals surface area contributed by atoms with E-state index in [1.165, 1.54) is 0 Å². The van der Waals surface area contributed by atoms with Gasteiger partial charge >= 0.3 is 68.9 Å². The molecule has 5 heteroatoms. The molecule has 0 aromatic heterocycles. The molecule has 0 bridgehead atoms. The van der Waals surface area contributed by atoms with Gasteiger partial charge in [0.2, 0.25) is 0 Å². The minimum atomic E-state index is -3.96. The van der Waals surface area contributed by atoms with E-state index >= 15 is 0 Å². The van der Waals surface area contributed by atoms with Crippen LogP contribution in [-0.4, -0.2) is 18.7 Å². The summed E-state index contributed by atoms with van der Waals surface area (Å²) in [5.41, 5.74) is 0. The van der Waals surface area contributed by atoms with Gasteiger partial charge in [-0.25, -0.2) is 8.42 Å². The first-order chi connectivity index (χ1) is 5.06. The van der Waals surface area contributed by atoms with Crippen molar-refractivity contribution >= 4 is 10.1 Å². The predicted octanol–water partition coefficient (Wildman–Crippen LogP) is -1.49. The van der Waals surface area contributed by atoms with Crippen molar-refractivity contribution in [3.05, 3.63) is 0 Å². The van der Waals surface area contributed by atoms with Gasteiger partial charge in [0.15, 0.2) is 0 Å². The van der Waals surface area contributed by atoms with E-state index in [0.717, 1.165) is 25.7 Å². The Morgan fingerprint density at radius 2 is 1.58 bits per heavy atom. The quantitative estimate of drug-likeness (QED) is 0.443. The van der Waals surface area contributed by atoms with Crippen LogP contribution in [0.25, 0.3) is 0 Å². The maximum atomic E-state index is 10.1. The van der Waals surface area contributed by atoms with E-state index < -0.39 is 10.1 Å². The topological polar surface area (TPSA) is 57.2 Å². The second-order valence-corrected chi connectivity index (χ2v) is 4.20. The molecule has 3 nitrogen and oxygen atoms in total. The summed E-state index contributed by atoms with van der Waals surface area (Å²) in [5.74, 6) is -0.198. The van der Waals surface area contributed by atoms with Crippen molar-refractivity contribution in [1.82, 2.24) is 0 Å². The average molecular weight is 312 g/mol.